The van der Waals surface area contributed by atoms with Crippen LogP contribution in [-0.4, -0.2) is 17.7 Å². The normalized spacial score (nSPS) is 15.3. The second-order valence-electron chi connectivity index (χ2n) is 5.86. The molecule has 1 aliphatic rings. The average Bonchev–Trinajstić information content (AvgIpc) is 2.44. The van der Waals surface area contributed by atoms with Crippen molar-refractivity contribution < 1.29 is 23.8 Å². The van der Waals surface area contributed by atoms with Crippen molar-refractivity contribution in [2.45, 2.75) is 26.6 Å². The molecule has 1 heterocycles. The molecule has 5 heteroatoms. The van der Waals surface area contributed by atoms with Crippen molar-refractivity contribution >= 4 is 22.7 Å². The highest BCUT2D eigenvalue weighted by molar-refractivity contribution is 6.06. The van der Waals surface area contributed by atoms with Crippen molar-refractivity contribution in [3.63, 3.8) is 0 Å². The van der Waals surface area contributed by atoms with Crippen LogP contribution in [0.4, 0.5) is 0 Å². The smallest absolute Gasteiger partial charge is 0.349 e. The van der Waals surface area contributed by atoms with Gasteiger partial charge in [0, 0.05) is 24.8 Å². The number of hydrogen-bond donors (Lipinski definition) is 0. The number of rotatable bonds is 2. The Balaban J connectivity index is 2.27. The number of ether oxygens (including phenoxy) is 3. The van der Waals surface area contributed by atoms with Crippen LogP contribution in [0.5, 0.6) is 11.5 Å². The van der Waals surface area contributed by atoms with E-state index in [2.05, 4.69) is 6.58 Å². The summed E-state index contributed by atoms with van der Waals surface area (Å²) < 4.78 is 16.4. The van der Waals surface area contributed by atoms with E-state index in [9.17, 15) is 9.59 Å². The van der Waals surface area contributed by atoms with Gasteiger partial charge in [-0.2, -0.15) is 0 Å². The van der Waals surface area contributed by atoms with Gasteiger partial charge < -0.3 is 14.2 Å². The molecular weight excluding hydrogens is 296 g/mol. The van der Waals surface area contributed by atoms with E-state index in [4.69, 9.17) is 14.2 Å². The van der Waals surface area contributed by atoms with Gasteiger partial charge in [0.2, 0.25) is 5.79 Å². The Bertz CT molecular complexity index is 848. The third kappa shape index (κ3) is 2.65. The topological polar surface area (TPSA) is 61.8 Å². The van der Waals surface area contributed by atoms with Gasteiger partial charge >= 0.3 is 11.9 Å². The molecule has 0 aliphatic carbocycles. The van der Waals surface area contributed by atoms with E-state index in [1.165, 1.54) is 6.92 Å². The summed E-state index contributed by atoms with van der Waals surface area (Å²) in [6.45, 7) is 8.39. The lowest BCUT2D eigenvalue weighted by Crippen LogP contribution is -2.39. The van der Waals surface area contributed by atoms with Gasteiger partial charge in [-0.3, -0.25) is 0 Å². The summed E-state index contributed by atoms with van der Waals surface area (Å²) in [6.07, 6.45) is 0. The van der Waals surface area contributed by atoms with Gasteiger partial charge in [-0.1, -0.05) is 30.8 Å². The fraction of sp³-hybridized carbons (Fsp3) is 0.222. The first-order chi connectivity index (χ1) is 10.8. The monoisotopic (exact) mass is 312 g/mol. The summed E-state index contributed by atoms with van der Waals surface area (Å²) in [5.41, 5.74) is 0.342. The Kier molecular flexibility index (Phi) is 3.36. The predicted octanol–water partition coefficient (Wildman–Crippen LogP) is 3.61. The Hall–Kier alpha value is -2.82. The number of fused-ring (bicyclic) bond motifs is 2. The first-order valence-electron chi connectivity index (χ1n) is 7.14. The van der Waals surface area contributed by atoms with Gasteiger partial charge in [-0.15, -0.1) is 0 Å². The molecule has 0 spiro atoms. The molecule has 0 saturated heterocycles. The number of cyclic esters (lactones) is 1. The van der Waals surface area contributed by atoms with Crippen LogP contribution < -0.4 is 9.47 Å². The highest BCUT2D eigenvalue weighted by Gasteiger charge is 2.37. The summed E-state index contributed by atoms with van der Waals surface area (Å²) >= 11 is 0. The van der Waals surface area contributed by atoms with Crippen molar-refractivity contribution in [2.24, 2.45) is 0 Å². The third-order valence-electron chi connectivity index (χ3n) is 3.41. The second-order valence-corrected chi connectivity index (χ2v) is 5.86. The fourth-order valence-corrected chi connectivity index (χ4v) is 2.41. The molecule has 0 bridgehead atoms. The average molecular weight is 312 g/mol. The Morgan fingerprint density at radius 3 is 2.61 bits per heavy atom. The van der Waals surface area contributed by atoms with Gasteiger partial charge in [0.1, 0.15) is 11.3 Å². The summed E-state index contributed by atoms with van der Waals surface area (Å²) in [7, 11) is 0. The lowest BCUT2D eigenvalue weighted by Gasteiger charge is -2.32. The van der Waals surface area contributed by atoms with Crippen LogP contribution in [0.15, 0.2) is 42.5 Å². The molecule has 2 aromatic rings. The zero-order chi connectivity index (χ0) is 16.8. The Labute approximate surface area is 133 Å². The summed E-state index contributed by atoms with van der Waals surface area (Å²) in [4.78, 5) is 24.4. The minimum Gasteiger partial charge on any atom is -0.452 e. The Morgan fingerprint density at radius 1 is 1.22 bits per heavy atom. The zero-order valence-corrected chi connectivity index (χ0v) is 13.1. The van der Waals surface area contributed by atoms with E-state index in [-0.39, 0.29) is 16.9 Å². The quantitative estimate of drug-likeness (QED) is 0.481. The number of esters is 2. The van der Waals surface area contributed by atoms with Crippen LogP contribution in [0.25, 0.3) is 10.8 Å². The van der Waals surface area contributed by atoms with Crippen LogP contribution in [0, 0.1) is 0 Å². The number of benzene rings is 2. The van der Waals surface area contributed by atoms with Crippen molar-refractivity contribution in [3.05, 3.63) is 48.0 Å². The van der Waals surface area contributed by atoms with E-state index in [0.717, 1.165) is 5.39 Å². The standard InChI is InChI=1S/C18H16O5/c1-10(2)16(19)21-15-12-8-6-5-7-11(12)9-13-14(15)17(20)23-18(3,4)22-13/h5-9H,1H2,2-4H3. The largest absolute Gasteiger partial charge is 0.452 e. The molecule has 23 heavy (non-hydrogen) atoms. The first-order valence-corrected chi connectivity index (χ1v) is 7.14. The maximum Gasteiger partial charge on any atom is 0.349 e. The maximum atomic E-state index is 12.4. The molecule has 0 amide bonds. The second kappa shape index (κ2) is 5.12. The van der Waals surface area contributed by atoms with E-state index in [0.29, 0.717) is 11.1 Å². The molecule has 0 aromatic heterocycles. The molecule has 3 rings (SSSR count). The predicted molar refractivity (Wildman–Crippen MR) is 84.5 cm³/mol. The lowest BCUT2D eigenvalue weighted by atomic mass is 10.0. The molecule has 0 atom stereocenters. The minimum absolute atomic E-state index is 0.109. The van der Waals surface area contributed by atoms with E-state index in [1.54, 1.807) is 32.0 Å². The molecule has 0 unspecified atom stereocenters. The molecule has 0 saturated carbocycles. The van der Waals surface area contributed by atoms with Crippen LogP contribution in [0.3, 0.4) is 0 Å². The molecule has 0 N–H and O–H groups in total. The molecule has 2 aromatic carbocycles. The number of hydrogen-bond acceptors (Lipinski definition) is 5. The van der Waals surface area contributed by atoms with Crippen molar-refractivity contribution in [3.8, 4) is 11.5 Å². The summed E-state index contributed by atoms with van der Waals surface area (Å²) in [5.74, 6) is -1.82. The molecule has 1 aliphatic heterocycles. The van der Waals surface area contributed by atoms with Gasteiger partial charge in [0.05, 0.1) is 0 Å². The van der Waals surface area contributed by atoms with Gasteiger partial charge in [0.25, 0.3) is 0 Å². The van der Waals surface area contributed by atoms with Crippen LogP contribution in [-0.2, 0) is 9.53 Å². The number of carbonyl (C=O) groups excluding carboxylic acids is 2. The third-order valence-corrected chi connectivity index (χ3v) is 3.41. The molecule has 5 nitrogen and oxygen atoms in total. The van der Waals surface area contributed by atoms with Crippen LogP contribution >= 0.6 is 0 Å². The first kappa shape index (κ1) is 15.1. The molecular formula is C18H16O5. The molecule has 0 fully saturated rings. The van der Waals surface area contributed by atoms with Gasteiger partial charge in [-0.05, 0) is 18.4 Å². The van der Waals surface area contributed by atoms with Crippen molar-refractivity contribution in [2.75, 3.05) is 0 Å². The Morgan fingerprint density at radius 2 is 1.91 bits per heavy atom. The molecule has 118 valence electrons. The highest BCUT2D eigenvalue weighted by Crippen LogP contribution is 2.42. The van der Waals surface area contributed by atoms with E-state index < -0.39 is 17.7 Å². The summed E-state index contributed by atoms with van der Waals surface area (Å²) in [6, 6.07) is 9.01. The van der Waals surface area contributed by atoms with Crippen LogP contribution in [0.1, 0.15) is 31.1 Å². The summed E-state index contributed by atoms with van der Waals surface area (Å²) in [5, 5.41) is 1.42. The maximum absolute atomic E-state index is 12.4. The van der Waals surface area contributed by atoms with Gasteiger partial charge in [0.15, 0.2) is 5.75 Å². The SMILES string of the molecule is C=C(C)C(=O)Oc1c2c(cc3ccccc13)OC(C)(C)OC2=O. The van der Waals surface area contributed by atoms with Crippen molar-refractivity contribution in [1.29, 1.82) is 0 Å². The molecule has 0 radical (unpaired) electrons. The number of carbonyl (C=O) groups is 2. The van der Waals surface area contributed by atoms with Crippen molar-refractivity contribution in [1.82, 2.24) is 0 Å². The minimum atomic E-state index is -1.08. The van der Waals surface area contributed by atoms with E-state index in [1.807, 2.05) is 12.1 Å². The zero-order valence-electron chi connectivity index (χ0n) is 13.1. The highest BCUT2D eigenvalue weighted by atomic mass is 16.7. The fourth-order valence-electron chi connectivity index (χ4n) is 2.41. The van der Waals surface area contributed by atoms with E-state index >= 15 is 0 Å². The van der Waals surface area contributed by atoms with Gasteiger partial charge in [-0.25, -0.2) is 9.59 Å². The van der Waals surface area contributed by atoms with Crippen LogP contribution in [0.2, 0.25) is 0 Å². The lowest BCUT2D eigenvalue weighted by molar-refractivity contribution is -0.131.